The molecule has 0 unspecified atom stereocenters. The molecule has 27 heavy (non-hydrogen) atoms. The third kappa shape index (κ3) is 4.13. The fraction of sp³-hybridized carbons (Fsp3) is 0.450. The van der Waals surface area contributed by atoms with Gasteiger partial charge in [-0.3, -0.25) is 9.59 Å². The second-order valence-corrected chi connectivity index (χ2v) is 6.28. The van der Waals surface area contributed by atoms with Crippen LogP contribution in [0.4, 0.5) is 0 Å². The van der Waals surface area contributed by atoms with E-state index in [-0.39, 0.29) is 31.2 Å². The molecule has 0 bridgehead atoms. The van der Waals surface area contributed by atoms with Crippen LogP contribution >= 0.6 is 0 Å². The average molecular weight is 374 g/mol. The third-order valence-corrected chi connectivity index (χ3v) is 4.66. The van der Waals surface area contributed by atoms with Crippen molar-refractivity contribution < 1.29 is 23.5 Å². The molecule has 2 aromatic rings. The molecule has 0 saturated carbocycles. The highest BCUT2D eigenvalue weighted by Crippen LogP contribution is 2.24. The summed E-state index contributed by atoms with van der Waals surface area (Å²) in [6, 6.07) is 3.50. The Bertz CT molecular complexity index is 833. The first-order chi connectivity index (χ1) is 12.8. The van der Waals surface area contributed by atoms with Gasteiger partial charge in [-0.05, 0) is 38.5 Å². The molecule has 0 aromatic carbocycles. The third-order valence-electron chi connectivity index (χ3n) is 4.66. The molecule has 0 spiro atoms. The van der Waals surface area contributed by atoms with E-state index in [1.807, 2.05) is 6.92 Å². The Labute approximate surface area is 158 Å². The summed E-state index contributed by atoms with van der Waals surface area (Å²) in [5, 5.41) is 0. The summed E-state index contributed by atoms with van der Waals surface area (Å²) in [5.41, 5.74) is 2.11. The maximum Gasteiger partial charge on any atom is 0.354 e. The number of Topliss-reactive ketones (excluding diaryl/α,β-unsaturated/α-hetero) is 1. The minimum absolute atomic E-state index is 0.0800. The maximum atomic E-state index is 13.0. The van der Waals surface area contributed by atoms with Crippen molar-refractivity contribution in [1.29, 1.82) is 0 Å². The number of rotatable bonds is 8. The molecule has 0 fully saturated rings. The van der Waals surface area contributed by atoms with E-state index in [0.29, 0.717) is 34.8 Å². The lowest BCUT2D eigenvalue weighted by Gasteiger charge is -2.20. The minimum Gasteiger partial charge on any atom is -0.467 e. The van der Waals surface area contributed by atoms with Gasteiger partial charge in [0.2, 0.25) is 5.91 Å². The van der Waals surface area contributed by atoms with Crippen molar-refractivity contribution in [3.8, 4) is 0 Å². The van der Waals surface area contributed by atoms with Gasteiger partial charge in [-0.25, -0.2) is 4.79 Å². The number of methoxy groups -OCH3 is 1. The number of amides is 1. The van der Waals surface area contributed by atoms with Crippen molar-refractivity contribution in [2.24, 2.45) is 0 Å². The van der Waals surface area contributed by atoms with Crippen LogP contribution in [0.15, 0.2) is 22.8 Å². The molecule has 7 heteroatoms. The van der Waals surface area contributed by atoms with E-state index in [4.69, 9.17) is 9.15 Å². The molecule has 1 amide bonds. The summed E-state index contributed by atoms with van der Waals surface area (Å²) in [6.07, 6.45) is 1.82. The molecule has 0 aliphatic heterocycles. The molecule has 0 atom stereocenters. The second kappa shape index (κ2) is 8.70. The molecule has 2 heterocycles. The van der Waals surface area contributed by atoms with Crippen molar-refractivity contribution in [3.05, 3.63) is 46.7 Å². The average Bonchev–Trinajstić information content (AvgIpc) is 3.25. The predicted molar refractivity (Wildman–Crippen MR) is 99.7 cm³/mol. The van der Waals surface area contributed by atoms with Gasteiger partial charge in [0.15, 0.2) is 5.78 Å². The number of ether oxygens (including phenoxy) is 1. The van der Waals surface area contributed by atoms with Gasteiger partial charge in [-0.1, -0.05) is 6.92 Å². The van der Waals surface area contributed by atoms with Crippen LogP contribution in [0.5, 0.6) is 0 Å². The van der Waals surface area contributed by atoms with Crippen LogP contribution in [0.1, 0.15) is 58.1 Å². The number of hydrogen-bond donors (Lipinski definition) is 0. The van der Waals surface area contributed by atoms with Crippen LogP contribution in [-0.4, -0.2) is 40.8 Å². The molecule has 146 valence electrons. The van der Waals surface area contributed by atoms with Gasteiger partial charge in [0.25, 0.3) is 0 Å². The summed E-state index contributed by atoms with van der Waals surface area (Å²) in [6.45, 7) is 7.86. The highest BCUT2D eigenvalue weighted by atomic mass is 16.5. The molecule has 2 rings (SSSR count). The van der Waals surface area contributed by atoms with Crippen LogP contribution in [-0.2, 0) is 22.6 Å². The highest BCUT2D eigenvalue weighted by molar-refractivity contribution is 6.04. The van der Waals surface area contributed by atoms with E-state index in [2.05, 4.69) is 0 Å². The number of hydrogen-bond acceptors (Lipinski definition) is 5. The fourth-order valence-electron chi connectivity index (χ4n) is 3.36. The molecular formula is C20H26N2O5. The van der Waals surface area contributed by atoms with Gasteiger partial charge >= 0.3 is 5.97 Å². The lowest BCUT2D eigenvalue weighted by molar-refractivity contribution is -0.131. The lowest BCUT2D eigenvalue weighted by Crippen LogP contribution is -2.35. The lowest BCUT2D eigenvalue weighted by atomic mass is 10.0. The van der Waals surface area contributed by atoms with Gasteiger partial charge in [0.1, 0.15) is 11.5 Å². The fourth-order valence-corrected chi connectivity index (χ4v) is 3.36. The van der Waals surface area contributed by atoms with Crippen molar-refractivity contribution in [2.45, 2.75) is 47.2 Å². The van der Waals surface area contributed by atoms with Crippen LogP contribution in [0.3, 0.4) is 0 Å². The summed E-state index contributed by atoms with van der Waals surface area (Å²) >= 11 is 0. The van der Waals surface area contributed by atoms with E-state index in [9.17, 15) is 14.4 Å². The van der Waals surface area contributed by atoms with E-state index >= 15 is 0 Å². The molecule has 0 N–H and O–H groups in total. The Kier molecular flexibility index (Phi) is 6.60. The van der Waals surface area contributed by atoms with Gasteiger partial charge in [-0.2, -0.15) is 0 Å². The molecule has 7 nitrogen and oxygen atoms in total. The zero-order valence-corrected chi connectivity index (χ0v) is 16.5. The van der Waals surface area contributed by atoms with Crippen LogP contribution < -0.4 is 0 Å². The normalized spacial score (nSPS) is 10.7. The van der Waals surface area contributed by atoms with Gasteiger partial charge in [-0.15, -0.1) is 0 Å². The first-order valence-electron chi connectivity index (χ1n) is 8.96. The molecular weight excluding hydrogens is 348 g/mol. The number of furan rings is 1. The summed E-state index contributed by atoms with van der Waals surface area (Å²) < 4.78 is 11.9. The smallest absolute Gasteiger partial charge is 0.354 e. The van der Waals surface area contributed by atoms with Gasteiger partial charge < -0.3 is 18.6 Å². The Hall–Kier alpha value is -2.83. The largest absolute Gasteiger partial charge is 0.467 e. The van der Waals surface area contributed by atoms with Crippen LogP contribution in [0, 0.1) is 13.8 Å². The van der Waals surface area contributed by atoms with E-state index < -0.39 is 5.97 Å². The summed E-state index contributed by atoms with van der Waals surface area (Å²) in [7, 11) is 1.32. The van der Waals surface area contributed by atoms with Gasteiger partial charge in [0, 0.05) is 24.2 Å². The zero-order valence-electron chi connectivity index (χ0n) is 16.5. The maximum absolute atomic E-state index is 13.0. The topological polar surface area (TPSA) is 81.8 Å². The van der Waals surface area contributed by atoms with Crippen molar-refractivity contribution >= 4 is 17.7 Å². The summed E-state index contributed by atoms with van der Waals surface area (Å²) in [4.78, 5) is 39.0. The Morgan fingerprint density at radius 3 is 2.44 bits per heavy atom. The highest BCUT2D eigenvalue weighted by Gasteiger charge is 2.28. The number of carbonyl (C=O) groups is 3. The number of ketones is 1. The SMILES string of the molecule is CCC(=O)N(CC(=O)c1c(C)c(C(=O)OC)n(CC)c1C)Cc1ccco1. The molecule has 0 aliphatic carbocycles. The van der Waals surface area contributed by atoms with Gasteiger partial charge in [0.05, 0.1) is 26.5 Å². The number of nitrogens with zero attached hydrogens (tertiary/aromatic N) is 2. The molecule has 0 aliphatic rings. The number of carbonyl (C=O) groups excluding carboxylic acids is 3. The summed E-state index contributed by atoms with van der Waals surface area (Å²) in [5.74, 6) is -0.220. The van der Waals surface area contributed by atoms with Crippen molar-refractivity contribution in [2.75, 3.05) is 13.7 Å². The number of esters is 1. The second-order valence-electron chi connectivity index (χ2n) is 6.28. The van der Waals surface area contributed by atoms with Crippen LogP contribution in [0.25, 0.3) is 0 Å². The first kappa shape index (κ1) is 20.5. The first-order valence-corrected chi connectivity index (χ1v) is 8.96. The van der Waals surface area contributed by atoms with E-state index in [1.54, 1.807) is 37.5 Å². The molecule has 0 radical (unpaired) electrons. The monoisotopic (exact) mass is 374 g/mol. The Balaban J connectivity index is 2.36. The van der Waals surface area contributed by atoms with Crippen molar-refractivity contribution in [1.82, 2.24) is 9.47 Å². The Morgan fingerprint density at radius 2 is 1.93 bits per heavy atom. The Morgan fingerprint density at radius 1 is 1.22 bits per heavy atom. The van der Waals surface area contributed by atoms with E-state index in [0.717, 1.165) is 0 Å². The minimum atomic E-state index is -0.478. The predicted octanol–water partition coefficient (Wildman–Crippen LogP) is 3.13. The number of aromatic nitrogens is 1. The molecule has 2 aromatic heterocycles. The van der Waals surface area contributed by atoms with E-state index in [1.165, 1.54) is 18.3 Å². The molecule has 0 saturated heterocycles. The quantitative estimate of drug-likeness (QED) is 0.524. The standard InChI is InChI=1S/C20H26N2O5/c1-6-17(24)21(11-15-9-8-10-27-15)12-16(23)18-13(3)19(20(25)26-5)22(7-2)14(18)4/h8-10H,6-7,11-12H2,1-5H3. The zero-order chi connectivity index (χ0) is 20.1. The van der Waals surface area contributed by atoms with Crippen LogP contribution in [0.2, 0.25) is 0 Å². The van der Waals surface area contributed by atoms with Crippen molar-refractivity contribution in [3.63, 3.8) is 0 Å².